The van der Waals surface area contributed by atoms with Crippen molar-refractivity contribution in [3.8, 4) is 73.2 Å². The standard InChI is InChI=1S/C59H34F2N4/c60-59(61)50-33-38(27-30-42(50)43-31-28-39(34-51(43)59)57-63-55(35-14-3-1-4-15-35)62-56(64-57)36-16-5-2-6-17-36)37-26-29-41-40-18-7-9-21-46(40)58(49(41)32-37)47-22-10-12-25-53(47)65-52-24-11-8-19-44(52)45-20-13-23-48(58)54(45)65/h1-34H. The lowest BCUT2D eigenvalue weighted by atomic mass is 9.65. The number of alkyl halides is 2. The molecular weight excluding hydrogens is 803 g/mol. The molecule has 9 aromatic carbocycles. The summed E-state index contributed by atoms with van der Waals surface area (Å²) in [7, 11) is 0. The fraction of sp³-hybridized carbons (Fsp3) is 0.0339. The summed E-state index contributed by atoms with van der Waals surface area (Å²) < 4.78 is 36.8. The van der Waals surface area contributed by atoms with Crippen LogP contribution in [0.25, 0.3) is 95.0 Å². The molecule has 4 nitrogen and oxygen atoms in total. The summed E-state index contributed by atoms with van der Waals surface area (Å²) in [5, 5.41) is 2.42. The smallest absolute Gasteiger partial charge is 0.299 e. The molecule has 14 rings (SSSR count). The van der Waals surface area contributed by atoms with Crippen LogP contribution in [-0.4, -0.2) is 19.5 Å². The topological polar surface area (TPSA) is 43.6 Å². The van der Waals surface area contributed by atoms with Gasteiger partial charge in [0.15, 0.2) is 17.5 Å². The van der Waals surface area contributed by atoms with Gasteiger partial charge < -0.3 is 4.57 Å². The highest BCUT2D eigenvalue weighted by Gasteiger charge is 2.51. The van der Waals surface area contributed by atoms with E-state index in [-0.39, 0.29) is 11.1 Å². The van der Waals surface area contributed by atoms with Gasteiger partial charge in [-0.3, -0.25) is 0 Å². The number of halogens is 2. The summed E-state index contributed by atoms with van der Waals surface area (Å²) in [6, 6.07) is 69.5. The molecule has 65 heavy (non-hydrogen) atoms. The third-order valence-electron chi connectivity index (χ3n) is 14.0. The van der Waals surface area contributed by atoms with Crippen LogP contribution < -0.4 is 0 Å². The van der Waals surface area contributed by atoms with Gasteiger partial charge in [-0.1, -0.05) is 176 Å². The van der Waals surface area contributed by atoms with Crippen molar-refractivity contribution >= 4 is 21.8 Å². The number of hydrogen-bond donors (Lipinski definition) is 0. The summed E-state index contributed by atoms with van der Waals surface area (Å²) in [5.41, 5.74) is 14.7. The Morgan fingerprint density at radius 1 is 0.338 bits per heavy atom. The van der Waals surface area contributed by atoms with E-state index in [4.69, 9.17) is 15.0 Å². The molecule has 0 bridgehead atoms. The largest absolute Gasteiger partial charge is 0.309 e. The minimum Gasteiger partial charge on any atom is -0.309 e. The monoisotopic (exact) mass is 836 g/mol. The van der Waals surface area contributed by atoms with Crippen molar-refractivity contribution in [3.05, 3.63) is 240 Å². The summed E-state index contributed by atoms with van der Waals surface area (Å²) in [6.07, 6.45) is 0. The lowest BCUT2D eigenvalue weighted by Crippen LogP contribution is -2.33. The Morgan fingerprint density at radius 2 is 0.815 bits per heavy atom. The number of fused-ring (bicyclic) bond motifs is 15. The zero-order valence-corrected chi connectivity index (χ0v) is 34.7. The Kier molecular flexibility index (Phi) is 7.29. The average Bonchev–Trinajstić information content (AvgIpc) is 3.94. The first-order valence-electron chi connectivity index (χ1n) is 21.9. The van der Waals surface area contributed by atoms with Gasteiger partial charge in [-0.15, -0.1) is 0 Å². The molecule has 11 aromatic rings. The molecule has 0 radical (unpaired) electrons. The van der Waals surface area contributed by atoms with E-state index in [1.54, 1.807) is 18.2 Å². The van der Waals surface area contributed by atoms with E-state index >= 15 is 8.78 Å². The highest BCUT2D eigenvalue weighted by Crippen LogP contribution is 2.62. The van der Waals surface area contributed by atoms with Gasteiger partial charge in [-0.25, -0.2) is 15.0 Å². The molecule has 0 saturated carbocycles. The van der Waals surface area contributed by atoms with Gasteiger partial charge in [0.25, 0.3) is 5.92 Å². The van der Waals surface area contributed by atoms with Crippen LogP contribution in [0, 0.1) is 0 Å². The van der Waals surface area contributed by atoms with Gasteiger partial charge in [-0.2, -0.15) is 8.78 Å². The molecule has 2 aromatic heterocycles. The second-order valence-electron chi connectivity index (χ2n) is 17.3. The third kappa shape index (κ3) is 4.85. The Balaban J connectivity index is 0.916. The summed E-state index contributed by atoms with van der Waals surface area (Å²) in [5.74, 6) is -1.98. The molecular formula is C59H34F2N4. The molecule has 0 N–H and O–H groups in total. The molecule has 304 valence electrons. The minimum atomic E-state index is -3.27. The zero-order chi connectivity index (χ0) is 43.0. The third-order valence-corrected chi connectivity index (χ3v) is 14.0. The molecule has 3 aliphatic rings. The number of nitrogens with zero attached hydrogens (tertiary/aromatic N) is 4. The van der Waals surface area contributed by atoms with Gasteiger partial charge in [0.2, 0.25) is 0 Å². The molecule has 3 heterocycles. The van der Waals surface area contributed by atoms with Crippen LogP contribution in [0.15, 0.2) is 206 Å². The molecule has 1 spiro atoms. The van der Waals surface area contributed by atoms with Crippen LogP contribution in [0.4, 0.5) is 8.78 Å². The van der Waals surface area contributed by atoms with Gasteiger partial charge in [-0.05, 0) is 86.0 Å². The maximum atomic E-state index is 17.2. The Morgan fingerprint density at radius 3 is 1.51 bits per heavy atom. The Hall–Kier alpha value is -8.35. The minimum absolute atomic E-state index is 0.0106. The number of benzene rings is 9. The highest BCUT2D eigenvalue weighted by molar-refractivity contribution is 6.13. The van der Waals surface area contributed by atoms with Crippen LogP contribution in [0.3, 0.4) is 0 Å². The first-order chi connectivity index (χ1) is 32.0. The van der Waals surface area contributed by atoms with Crippen molar-refractivity contribution in [1.82, 2.24) is 19.5 Å². The molecule has 1 unspecified atom stereocenters. The lowest BCUT2D eigenvalue weighted by molar-refractivity contribution is 0.0481. The first kappa shape index (κ1) is 36.2. The molecule has 2 aliphatic carbocycles. The second kappa shape index (κ2) is 13.1. The summed E-state index contributed by atoms with van der Waals surface area (Å²) >= 11 is 0. The zero-order valence-electron chi connectivity index (χ0n) is 34.7. The van der Waals surface area contributed by atoms with Crippen molar-refractivity contribution < 1.29 is 8.78 Å². The number of aromatic nitrogens is 4. The SMILES string of the molecule is FC1(F)c2cc(-c3ccc4c(c3)C3(c5ccccc5-4)c4ccccc4-n4c5ccccc5c5cccc3c54)ccc2-c2ccc(-c3nc(-c4ccccc4)nc(-c4ccccc4)n3)cc21. The van der Waals surface area contributed by atoms with Gasteiger partial charge in [0.05, 0.1) is 22.1 Å². The van der Waals surface area contributed by atoms with Crippen LogP contribution in [-0.2, 0) is 11.3 Å². The average molecular weight is 837 g/mol. The van der Waals surface area contributed by atoms with Gasteiger partial charge in [0, 0.05) is 38.6 Å². The van der Waals surface area contributed by atoms with Crippen molar-refractivity contribution in [1.29, 1.82) is 0 Å². The highest BCUT2D eigenvalue weighted by atomic mass is 19.3. The lowest BCUT2D eigenvalue weighted by Gasteiger charge is -2.39. The van der Waals surface area contributed by atoms with Crippen molar-refractivity contribution in [2.24, 2.45) is 0 Å². The molecule has 0 fully saturated rings. The fourth-order valence-corrected chi connectivity index (χ4v) is 11.2. The fourth-order valence-electron chi connectivity index (χ4n) is 11.2. The molecule has 0 amide bonds. The summed E-state index contributed by atoms with van der Waals surface area (Å²) in [4.78, 5) is 14.5. The number of para-hydroxylation sites is 3. The molecule has 1 aliphatic heterocycles. The van der Waals surface area contributed by atoms with E-state index in [1.807, 2.05) is 78.9 Å². The quantitative estimate of drug-likeness (QED) is 0.177. The van der Waals surface area contributed by atoms with E-state index in [0.29, 0.717) is 34.2 Å². The van der Waals surface area contributed by atoms with Crippen LogP contribution in [0.1, 0.15) is 33.4 Å². The Bertz CT molecular complexity index is 3760. The maximum absolute atomic E-state index is 17.2. The van der Waals surface area contributed by atoms with Crippen LogP contribution in [0.2, 0.25) is 0 Å². The predicted octanol–water partition coefficient (Wildman–Crippen LogP) is 14.4. The number of rotatable bonds is 4. The molecule has 0 saturated heterocycles. The van der Waals surface area contributed by atoms with Crippen molar-refractivity contribution in [2.75, 3.05) is 0 Å². The molecule has 1 atom stereocenters. The van der Waals surface area contributed by atoms with Crippen molar-refractivity contribution in [2.45, 2.75) is 11.3 Å². The maximum Gasteiger partial charge on any atom is 0.299 e. The van der Waals surface area contributed by atoms with E-state index in [9.17, 15) is 0 Å². The predicted molar refractivity (Wildman–Crippen MR) is 255 cm³/mol. The van der Waals surface area contributed by atoms with Gasteiger partial charge >= 0.3 is 0 Å². The first-order valence-corrected chi connectivity index (χ1v) is 21.9. The Labute approximate surface area is 372 Å². The van der Waals surface area contributed by atoms with Crippen molar-refractivity contribution in [3.63, 3.8) is 0 Å². The van der Waals surface area contributed by atoms with Crippen LogP contribution >= 0.6 is 0 Å². The van der Waals surface area contributed by atoms with E-state index < -0.39 is 11.3 Å². The van der Waals surface area contributed by atoms with Crippen LogP contribution in [0.5, 0.6) is 0 Å². The number of hydrogen-bond acceptors (Lipinski definition) is 3. The van der Waals surface area contributed by atoms with E-state index in [0.717, 1.165) is 39.1 Å². The van der Waals surface area contributed by atoms with E-state index in [2.05, 4.69) is 114 Å². The van der Waals surface area contributed by atoms with Gasteiger partial charge in [0.1, 0.15) is 0 Å². The molecule has 6 heteroatoms. The summed E-state index contributed by atoms with van der Waals surface area (Å²) in [6.45, 7) is 0. The second-order valence-corrected chi connectivity index (χ2v) is 17.3. The normalized spacial score (nSPS) is 15.7. The van der Waals surface area contributed by atoms with E-state index in [1.165, 1.54) is 44.1 Å².